The number of hydrogen-bond acceptors (Lipinski definition) is 3. The van der Waals surface area contributed by atoms with Gasteiger partial charge in [0.15, 0.2) is 0 Å². The fourth-order valence-corrected chi connectivity index (χ4v) is 0.201. The van der Waals surface area contributed by atoms with E-state index in [1.54, 1.807) is 6.92 Å². The van der Waals surface area contributed by atoms with Crippen LogP contribution in [0.25, 0.3) is 0 Å². The van der Waals surface area contributed by atoms with Crippen LogP contribution in [0.2, 0.25) is 0 Å². The minimum Gasteiger partial charge on any atom is -0.463 e. The summed E-state index contributed by atoms with van der Waals surface area (Å²) in [7, 11) is 0. The number of ether oxygens (including phenoxy) is 1. The summed E-state index contributed by atoms with van der Waals surface area (Å²) in [4.78, 5) is 10.1. The van der Waals surface area contributed by atoms with Crippen LogP contribution in [0.4, 0.5) is 0 Å². The van der Waals surface area contributed by atoms with Crippen LogP contribution in [0.15, 0.2) is 12.7 Å². The average molecular weight is 143 g/mol. The van der Waals surface area contributed by atoms with Crippen molar-refractivity contribution in [3.63, 3.8) is 0 Å². The molecule has 0 amide bonds. The van der Waals surface area contributed by atoms with Crippen LogP contribution in [0.3, 0.4) is 0 Å². The summed E-state index contributed by atoms with van der Waals surface area (Å²) >= 11 is 0. The van der Waals surface area contributed by atoms with E-state index in [9.17, 15) is 4.79 Å². The van der Waals surface area contributed by atoms with Gasteiger partial charge in [0.2, 0.25) is 0 Å². The number of esters is 1. The lowest BCUT2D eigenvalue weighted by atomic mass is 10.6. The fraction of sp³-hybridized carbons (Fsp3) is 0.571. The van der Waals surface area contributed by atoms with E-state index in [4.69, 9.17) is 0 Å². The maximum absolute atomic E-state index is 10.1. The third kappa shape index (κ3) is 10.2. The molecular weight excluding hydrogens is 130 g/mol. The van der Waals surface area contributed by atoms with Crippen molar-refractivity contribution >= 4 is 5.97 Å². The monoisotopic (exact) mass is 143 g/mol. The molecule has 0 atom stereocenters. The third-order valence-corrected chi connectivity index (χ3v) is 0.703. The maximum Gasteiger partial charge on any atom is 0.330 e. The van der Waals surface area contributed by atoms with Crippen molar-refractivity contribution in [1.29, 1.82) is 0 Å². The number of carbonyl (C=O) groups excluding carboxylic acids is 1. The van der Waals surface area contributed by atoms with Crippen LogP contribution in [0.1, 0.15) is 6.92 Å². The fourth-order valence-electron chi connectivity index (χ4n) is 0.201. The van der Waals surface area contributed by atoms with Crippen LogP contribution in [-0.2, 0) is 9.53 Å². The Hall–Kier alpha value is -0.830. The molecule has 0 aromatic heterocycles. The van der Waals surface area contributed by atoms with E-state index in [0.717, 1.165) is 6.08 Å². The first-order valence-corrected chi connectivity index (χ1v) is 3.31. The van der Waals surface area contributed by atoms with Crippen LogP contribution in [0.5, 0.6) is 0 Å². The molecule has 0 saturated carbocycles. The van der Waals surface area contributed by atoms with E-state index in [-0.39, 0.29) is 5.97 Å². The molecule has 1 heterocycles. The van der Waals surface area contributed by atoms with Gasteiger partial charge in [-0.05, 0) is 6.92 Å². The molecule has 0 spiro atoms. The van der Waals surface area contributed by atoms with Crippen molar-refractivity contribution in [2.75, 3.05) is 19.7 Å². The number of nitrogens with one attached hydrogen (secondary N) is 1. The van der Waals surface area contributed by atoms with E-state index in [0.29, 0.717) is 6.61 Å². The minimum absolute atomic E-state index is 0.359. The van der Waals surface area contributed by atoms with Crippen molar-refractivity contribution in [1.82, 2.24) is 5.32 Å². The van der Waals surface area contributed by atoms with Gasteiger partial charge in [0.1, 0.15) is 0 Å². The molecule has 0 unspecified atom stereocenters. The smallest absolute Gasteiger partial charge is 0.330 e. The van der Waals surface area contributed by atoms with Gasteiger partial charge < -0.3 is 10.1 Å². The second kappa shape index (κ2) is 6.29. The van der Waals surface area contributed by atoms with Gasteiger partial charge in [-0.2, -0.15) is 0 Å². The Balaban J connectivity index is 0.000000219. The molecule has 3 heteroatoms. The molecular formula is C7H13NO2. The summed E-state index contributed by atoms with van der Waals surface area (Å²) in [6, 6.07) is 0. The topological polar surface area (TPSA) is 48.2 Å². The van der Waals surface area contributed by atoms with E-state index < -0.39 is 0 Å². The summed E-state index contributed by atoms with van der Waals surface area (Å²) < 4.78 is 4.43. The van der Waals surface area contributed by atoms with Crippen molar-refractivity contribution in [3.05, 3.63) is 12.7 Å². The molecule has 10 heavy (non-hydrogen) atoms. The predicted molar refractivity (Wildman–Crippen MR) is 39.7 cm³/mol. The van der Waals surface area contributed by atoms with Gasteiger partial charge in [0, 0.05) is 19.2 Å². The second-order valence-corrected chi connectivity index (χ2v) is 1.71. The highest BCUT2D eigenvalue weighted by atomic mass is 16.5. The van der Waals surface area contributed by atoms with Crippen LogP contribution >= 0.6 is 0 Å². The zero-order valence-corrected chi connectivity index (χ0v) is 6.22. The summed E-state index contributed by atoms with van der Waals surface area (Å²) in [6.07, 6.45) is 1.14. The molecule has 1 fully saturated rings. The molecule has 3 nitrogen and oxygen atoms in total. The Bertz CT molecular complexity index is 107. The van der Waals surface area contributed by atoms with Gasteiger partial charge >= 0.3 is 5.97 Å². The summed E-state index contributed by atoms with van der Waals surface area (Å²) in [6.45, 7) is 7.88. The van der Waals surface area contributed by atoms with Crippen molar-refractivity contribution in [2.24, 2.45) is 0 Å². The average Bonchev–Trinajstić information content (AvgIpc) is 2.73. The first-order chi connectivity index (χ1) is 4.81. The Kier molecular flexibility index (Phi) is 5.77. The molecule has 0 bridgehead atoms. The van der Waals surface area contributed by atoms with Gasteiger partial charge in [0.25, 0.3) is 0 Å². The van der Waals surface area contributed by atoms with E-state index >= 15 is 0 Å². The van der Waals surface area contributed by atoms with Gasteiger partial charge in [-0.1, -0.05) is 6.58 Å². The lowest BCUT2D eigenvalue weighted by molar-refractivity contribution is -0.137. The Morgan fingerprint density at radius 1 is 1.80 bits per heavy atom. The molecule has 0 aromatic rings. The molecule has 1 aliphatic rings. The van der Waals surface area contributed by atoms with Crippen LogP contribution < -0.4 is 5.32 Å². The number of rotatable bonds is 2. The predicted octanol–water partition coefficient (Wildman–Crippen LogP) is 0.325. The van der Waals surface area contributed by atoms with Crippen molar-refractivity contribution in [3.8, 4) is 0 Å². The van der Waals surface area contributed by atoms with Gasteiger partial charge in [-0.15, -0.1) is 0 Å². The zero-order chi connectivity index (χ0) is 7.82. The minimum atomic E-state index is -0.359. The molecule has 1 rings (SSSR count). The highest BCUT2D eigenvalue weighted by Crippen LogP contribution is 1.74. The first kappa shape index (κ1) is 9.17. The Morgan fingerprint density at radius 3 is 2.40 bits per heavy atom. The molecule has 1 aliphatic heterocycles. The number of hydrogen-bond donors (Lipinski definition) is 1. The van der Waals surface area contributed by atoms with E-state index in [2.05, 4.69) is 16.6 Å². The number of carbonyl (C=O) groups is 1. The molecule has 0 radical (unpaired) electrons. The third-order valence-electron chi connectivity index (χ3n) is 0.703. The highest BCUT2D eigenvalue weighted by Gasteiger charge is 1.91. The van der Waals surface area contributed by atoms with Crippen molar-refractivity contribution < 1.29 is 9.53 Å². The molecule has 0 aromatic carbocycles. The van der Waals surface area contributed by atoms with E-state index in [1.807, 2.05) is 0 Å². The zero-order valence-electron chi connectivity index (χ0n) is 6.22. The maximum atomic E-state index is 10.1. The standard InChI is InChI=1S/C5H8O2.C2H5N/c1-3-5(6)7-4-2;1-2-3-1/h3H,1,4H2,2H3;3H,1-2H2. The quantitative estimate of drug-likeness (QED) is 0.344. The van der Waals surface area contributed by atoms with Crippen molar-refractivity contribution in [2.45, 2.75) is 6.92 Å². The second-order valence-electron chi connectivity index (χ2n) is 1.71. The molecule has 0 aliphatic carbocycles. The first-order valence-electron chi connectivity index (χ1n) is 3.31. The molecule has 58 valence electrons. The van der Waals surface area contributed by atoms with E-state index in [1.165, 1.54) is 13.1 Å². The summed E-state index contributed by atoms with van der Waals surface area (Å²) in [5.74, 6) is -0.359. The van der Waals surface area contributed by atoms with Gasteiger partial charge in [-0.3, -0.25) is 0 Å². The lowest BCUT2D eigenvalue weighted by Crippen LogP contribution is -1.97. The van der Waals surface area contributed by atoms with Crippen LogP contribution in [-0.4, -0.2) is 25.7 Å². The normalized spacial score (nSPS) is 12.5. The SMILES string of the molecule is C1CN1.C=CC(=O)OCC. The van der Waals surface area contributed by atoms with Gasteiger partial charge in [0.05, 0.1) is 6.61 Å². The van der Waals surface area contributed by atoms with Gasteiger partial charge in [-0.25, -0.2) is 4.79 Å². The Morgan fingerprint density at radius 2 is 2.30 bits per heavy atom. The highest BCUT2D eigenvalue weighted by molar-refractivity contribution is 5.81. The Labute approximate surface area is 61.1 Å². The largest absolute Gasteiger partial charge is 0.463 e. The molecule has 1 saturated heterocycles. The molecule has 1 N–H and O–H groups in total. The summed E-state index contributed by atoms with van der Waals surface area (Å²) in [5.41, 5.74) is 0. The lowest BCUT2D eigenvalue weighted by Gasteiger charge is -1.90. The van der Waals surface area contributed by atoms with Crippen LogP contribution in [0, 0.1) is 0 Å². The summed E-state index contributed by atoms with van der Waals surface area (Å²) in [5, 5.41) is 3.00.